The first-order valence-electron chi connectivity index (χ1n) is 12.7. The number of likely N-dealkylation sites (N-methyl/N-ethyl adjacent to an activating group) is 1. The summed E-state index contributed by atoms with van der Waals surface area (Å²) in [7, 11) is -5.26. The van der Waals surface area contributed by atoms with Crippen LogP contribution in [0.3, 0.4) is 0 Å². The summed E-state index contributed by atoms with van der Waals surface area (Å²) >= 11 is 0. The van der Waals surface area contributed by atoms with Gasteiger partial charge >= 0.3 is 0 Å². The number of aliphatic hydroxyl groups is 1. The Balaban J connectivity index is 1.76. The van der Waals surface area contributed by atoms with Crippen LogP contribution in [0, 0.1) is 11.7 Å². The number of rotatable bonds is 9. The number of carbonyl (C=O) groups is 1. The number of para-hydroxylation sites is 1. The Morgan fingerprint density at radius 1 is 1.20 bits per heavy atom. The predicted octanol–water partition coefficient (Wildman–Crippen LogP) is 1.90. The normalized spacial score (nSPS) is 18.8. The van der Waals surface area contributed by atoms with E-state index in [0.29, 0.717) is 0 Å². The minimum atomic E-state index is -4.18. The molecule has 0 saturated carbocycles. The third kappa shape index (κ3) is 6.37. The lowest BCUT2D eigenvalue weighted by Gasteiger charge is -2.38. The second-order valence-corrected chi connectivity index (χ2v) is 13.7. The van der Waals surface area contributed by atoms with Crippen molar-refractivity contribution in [2.45, 2.75) is 35.9 Å². The molecule has 2 N–H and O–H groups in total. The van der Waals surface area contributed by atoms with Gasteiger partial charge in [0.05, 0.1) is 41.7 Å². The average Bonchev–Trinajstić information content (AvgIpc) is 3.38. The number of sulfonamides is 2. The lowest BCUT2D eigenvalue weighted by molar-refractivity contribution is 0.0389. The van der Waals surface area contributed by atoms with Crippen molar-refractivity contribution in [2.24, 2.45) is 13.0 Å². The van der Waals surface area contributed by atoms with Gasteiger partial charge in [0.15, 0.2) is 10.8 Å². The minimum absolute atomic E-state index is 0.0347. The lowest BCUT2D eigenvalue weighted by Crippen LogP contribution is -2.50. The third-order valence-corrected chi connectivity index (χ3v) is 9.94. The first kappa shape index (κ1) is 30.4. The molecule has 2 heterocycles. The zero-order valence-electron chi connectivity index (χ0n) is 22.9. The highest BCUT2D eigenvalue weighted by molar-refractivity contribution is 7.92. The number of hydrogen-bond donors (Lipinski definition) is 2. The van der Waals surface area contributed by atoms with Crippen molar-refractivity contribution in [1.29, 1.82) is 0 Å². The van der Waals surface area contributed by atoms with Gasteiger partial charge in [-0.25, -0.2) is 17.8 Å². The SMILES string of the molecule is C[C@@H]1CN([C@H](C)CO)C(=O)c2cccc(NS(=O)(=O)c3cn(C)cn3)c2O[C@@H]1CN(C)S(=O)(=O)c1ccc(F)cc1. The molecular formula is C26H32FN5O7S2. The summed E-state index contributed by atoms with van der Waals surface area (Å²) in [6, 6.07) is 8.21. The van der Waals surface area contributed by atoms with Gasteiger partial charge in [0.25, 0.3) is 15.9 Å². The molecule has 1 aliphatic heterocycles. The molecule has 2 aromatic carbocycles. The van der Waals surface area contributed by atoms with Gasteiger partial charge < -0.3 is 19.3 Å². The third-order valence-electron chi connectivity index (χ3n) is 6.85. The fourth-order valence-electron chi connectivity index (χ4n) is 4.40. The summed E-state index contributed by atoms with van der Waals surface area (Å²) in [5.74, 6) is -1.62. The van der Waals surface area contributed by atoms with Crippen LogP contribution in [0.5, 0.6) is 5.75 Å². The highest BCUT2D eigenvalue weighted by atomic mass is 32.2. The molecule has 0 aliphatic carbocycles. The van der Waals surface area contributed by atoms with Crippen LogP contribution in [0.1, 0.15) is 24.2 Å². The maximum Gasteiger partial charge on any atom is 0.281 e. The molecule has 12 nitrogen and oxygen atoms in total. The Morgan fingerprint density at radius 2 is 1.88 bits per heavy atom. The molecule has 3 aromatic rings. The quantitative estimate of drug-likeness (QED) is 0.373. The number of anilines is 1. The predicted molar refractivity (Wildman–Crippen MR) is 148 cm³/mol. The van der Waals surface area contributed by atoms with E-state index in [0.717, 1.165) is 28.6 Å². The van der Waals surface area contributed by atoms with Crippen LogP contribution in [0.2, 0.25) is 0 Å². The van der Waals surface area contributed by atoms with Crippen LogP contribution in [0.4, 0.5) is 10.1 Å². The van der Waals surface area contributed by atoms with E-state index in [1.54, 1.807) is 20.9 Å². The number of aliphatic hydroxyl groups excluding tert-OH is 1. The average molecular weight is 610 g/mol. The monoisotopic (exact) mass is 609 g/mol. The van der Waals surface area contributed by atoms with E-state index < -0.39 is 49.8 Å². The lowest BCUT2D eigenvalue weighted by atomic mass is 9.99. The number of halogens is 1. The summed E-state index contributed by atoms with van der Waals surface area (Å²) in [6.07, 6.45) is 1.77. The van der Waals surface area contributed by atoms with E-state index in [-0.39, 0.29) is 46.6 Å². The number of ether oxygens (including phenoxy) is 1. The number of benzene rings is 2. The summed E-state index contributed by atoms with van der Waals surface area (Å²) in [5, 5.41) is 9.61. The number of amides is 1. The van der Waals surface area contributed by atoms with Crippen molar-refractivity contribution in [3.63, 3.8) is 0 Å². The van der Waals surface area contributed by atoms with E-state index in [9.17, 15) is 31.1 Å². The molecule has 1 aliphatic rings. The number of nitrogens with one attached hydrogen (secondary N) is 1. The number of nitrogens with zero attached hydrogens (tertiary/aromatic N) is 4. The van der Waals surface area contributed by atoms with Crippen LogP contribution < -0.4 is 9.46 Å². The Labute approximate surface area is 238 Å². The van der Waals surface area contributed by atoms with Crippen molar-refractivity contribution in [1.82, 2.24) is 18.8 Å². The molecule has 1 amide bonds. The molecule has 4 rings (SSSR count). The number of aromatic nitrogens is 2. The molecule has 0 fully saturated rings. The maximum atomic E-state index is 13.6. The molecule has 0 radical (unpaired) electrons. The largest absolute Gasteiger partial charge is 0.486 e. The number of hydrogen-bond acceptors (Lipinski definition) is 8. The Bertz CT molecular complexity index is 1630. The van der Waals surface area contributed by atoms with Crippen LogP contribution in [-0.4, -0.2) is 85.5 Å². The molecule has 0 unspecified atom stereocenters. The van der Waals surface area contributed by atoms with Crippen LogP contribution in [0.15, 0.2) is 64.9 Å². The zero-order valence-corrected chi connectivity index (χ0v) is 24.6. The van der Waals surface area contributed by atoms with Crippen molar-refractivity contribution >= 4 is 31.6 Å². The molecular weight excluding hydrogens is 577 g/mol. The minimum Gasteiger partial charge on any atom is -0.486 e. The van der Waals surface area contributed by atoms with Gasteiger partial charge in [-0.3, -0.25) is 9.52 Å². The van der Waals surface area contributed by atoms with Gasteiger partial charge in [-0.15, -0.1) is 0 Å². The van der Waals surface area contributed by atoms with Gasteiger partial charge in [0, 0.05) is 32.8 Å². The molecule has 41 heavy (non-hydrogen) atoms. The number of fused-ring (bicyclic) bond motifs is 1. The van der Waals surface area contributed by atoms with Gasteiger partial charge in [-0.2, -0.15) is 12.7 Å². The molecule has 0 bridgehead atoms. The van der Waals surface area contributed by atoms with Gasteiger partial charge in [-0.05, 0) is 43.3 Å². The van der Waals surface area contributed by atoms with E-state index in [1.807, 2.05) is 0 Å². The van der Waals surface area contributed by atoms with Gasteiger partial charge in [-0.1, -0.05) is 13.0 Å². The standard InChI is InChI=1S/C26H32FN5O7S2/c1-17-12-32(18(2)15-33)26(34)21-6-5-7-22(29-40(35,36)24-14-30(3)16-28-24)25(21)39-23(17)13-31(4)41(37,38)20-10-8-19(27)9-11-20/h5-11,14,16-18,23,29,33H,12-13,15H2,1-4H3/t17-,18-,23-/m1/s1. The topological polar surface area (TPSA) is 151 Å². The molecule has 3 atom stereocenters. The van der Waals surface area contributed by atoms with Crippen LogP contribution in [0.25, 0.3) is 0 Å². The molecule has 15 heteroatoms. The van der Waals surface area contributed by atoms with Crippen molar-refractivity contribution in [3.8, 4) is 5.75 Å². The second kappa shape index (κ2) is 11.8. The summed E-state index contributed by atoms with van der Waals surface area (Å²) in [6.45, 7) is 3.04. The smallest absolute Gasteiger partial charge is 0.281 e. The highest BCUT2D eigenvalue weighted by Gasteiger charge is 2.36. The Kier molecular flexibility index (Phi) is 8.73. The number of aryl methyl sites for hydroxylation is 1. The second-order valence-electron chi connectivity index (χ2n) is 10.0. The Morgan fingerprint density at radius 3 is 2.49 bits per heavy atom. The fraction of sp³-hybridized carbons (Fsp3) is 0.385. The van der Waals surface area contributed by atoms with E-state index >= 15 is 0 Å². The van der Waals surface area contributed by atoms with Gasteiger partial charge in [0.2, 0.25) is 10.0 Å². The number of carbonyl (C=O) groups excluding carboxylic acids is 1. The van der Waals surface area contributed by atoms with Crippen molar-refractivity contribution < 1.29 is 35.9 Å². The van der Waals surface area contributed by atoms with E-state index in [4.69, 9.17) is 4.74 Å². The van der Waals surface area contributed by atoms with Crippen molar-refractivity contribution in [2.75, 3.05) is 31.5 Å². The maximum absolute atomic E-state index is 13.6. The first-order chi connectivity index (χ1) is 19.2. The molecule has 0 saturated heterocycles. The number of imidazole rings is 1. The first-order valence-corrected chi connectivity index (χ1v) is 15.6. The fourth-order valence-corrected chi connectivity index (χ4v) is 6.63. The van der Waals surface area contributed by atoms with E-state index in [1.165, 1.54) is 47.2 Å². The summed E-state index contributed by atoms with van der Waals surface area (Å²) in [4.78, 5) is 18.9. The van der Waals surface area contributed by atoms with Crippen molar-refractivity contribution in [3.05, 3.63) is 66.4 Å². The van der Waals surface area contributed by atoms with Crippen LogP contribution >= 0.6 is 0 Å². The molecule has 222 valence electrons. The molecule has 1 aromatic heterocycles. The van der Waals surface area contributed by atoms with E-state index in [2.05, 4.69) is 9.71 Å². The summed E-state index contributed by atoms with van der Waals surface area (Å²) < 4.78 is 77.4. The molecule has 0 spiro atoms. The highest BCUT2D eigenvalue weighted by Crippen LogP contribution is 2.36. The zero-order chi connectivity index (χ0) is 30.1. The van der Waals surface area contributed by atoms with Gasteiger partial charge in [0.1, 0.15) is 11.9 Å². The Hall–Kier alpha value is -3.53. The summed E-state index contributed by atoms with van der Waals surface area (Å²) in [5.41, 5.74) is -0.00582. The van der Waals surface area contributed by atoms with Crippen LogP contribution in [-0.2, 0) is 27.1 Å².